The quantitative estimate of drug-likeness (QED) is 0.289. The molecule has 0 amide bonds. The fourth-order valence-corrected chi connectivity index (χ4v) is 0.620. The van der Waals surface area contributed by atoms with E-state index in [1.54, 1.807) is 13.8 Å². The van der Waals surface area contributed by atoms with E-state index >= 15 is 0 Å². The van der Waals surface area contributed by atoms with Crippen molar-refractivity contribution in [2.24, 2.45) is 5.84 Å². The second kappa shape index (κ2) is 4.62. The second-order valence-electron chi connectivity index (χ2n) is 2.22. The zero-order chi connectivity index (χ0) is 8.15. The molecule has 0 aromatic rings. The molecule has 4 heteroatoms. The summed E-state index contributed by atoms with van der Waals surface area (Å²) in [5.74, 6) is 5.32. The highest BCUT2D eigenvalue weighted by Gasteiger charge is 2.15. The van der Waals surface area contributed by atoms with E-state index in [9.17, 15) is 0 Å². The highest BCUT2D eigenvalue weighted by Crippen LogP contribution is 2.00. The summed E-state index contributed by atoms with van der Waals surface area (Å²) in [5, 5.41) is 19.2. The van der Waals surface area contributed by atoms with E-state index in [-0.39, 0.29) is 0 Å². The van der Waals surface area contributed by atoms with E-state index in [4.69, 9.17) is 16.1 Å². The minimum atomic E-state index is -0.741. The van der Waals surface area contributed by atoms with Crippen LogP contribution < -0.4 is 5.84 Å². The summed E-state index contributed by atoms with van der Waals surface area (Å²) in [5.41, 5.74) is 0. The first-order valence-corrected chi connectivity index (χ1v) is 3.52. The van der Waals surface area contributed by atoms with Crippen molar-refractivity contribution >= 4 is 0 Å². The molecule has 0 aliphatic carbocycles. The second-order valence-corrected chi connectivity index (χ2v) is 2.22. The lowest BCUT2D eigenvalue weighted by molar-refractivity contribution is -0.105. The van der Waals surface area contributed by atoms with Crippen LogP contribution in [0.2, 0.25) is 0 Å². The Kier molecular flexibility index (Phi) is 4.55. The molecule has 0 aliphatic heterocycles. The van der Waals surface area contributed by atoms with Gasteiger partial charge in [0.1, 0.15) is 12.5 Å². The molecule has 0 heterocycles. The third kappa shape index (κ3) is 2.62. The predicted molar refractivity (Wildman–Crippen MR) is 38.6 cm³/mol. The van der Waals surface area contributed by atoms with Gasteiger partial charge in [0.2, 0.25) is 0 Å². The average Bonchev–Trinajstić information content (AvgIpc) is 2.00. The van der Waals surface area contributed by atoms with Crippen molar-refractivity contribution in [1.82, 2.24) is 5.01 Å². The number of nitrogens with zero attached hydrogens (tertiary/aromatic N) is 1. The summed E-state index contributed by atoms with van der Waals surface area (Å²) in [6.45, 7) is 3.60. The minimum absolute atomic E-state index is 0.521. The number of rotatable bonds is 4. The van der Waals surface area contributed by atoms with Crippen LogP contribution in [0.1, 0.15) is 26.7 Å². The maximum absolute atomic E-state index is 9.07. The Labute approximate surface area is 61.2 Å². The number of aliphatic hydroxyl groups is 2. The maximum Gasteiger partial charge on any atom is 0.122 e. The molecule has 0 saturated heterocycles. The van der Waals surface area contributed by atoms with Gasteiger partial charge in [0.15, 0.2) is 0 Å². The molecule has 0 fully saturated rings. The van der Waals surface area contributed by atoms with Gasteiger partial charge in [-0.05, 0) is 12.8 Å². The number of hydrazine groups is 1. The Bertz CT molecular complexity index is 79.8. The van der Waals surface area contributed by atoms with Crippen LogP contribution in [0.3, 0.4) is 0 Å². The van der Waals surface area contributed by atoms with Crippen molar-refractivity contribution in [3.05, 3.63) is 0 Å². The SMILES string of the molecule is CCC(O)N(N)C(O)CC. The van der Waals surface area contributed by atoms with E-state index in [0.29, 0.717) is 12.8 Å². The van der Waals surface area contributed by atoms with Gasteiger partial charge in [-0.15, -0.1) is 0 Å². The normalized spacial score (nSPS) is 17.4. The lowest BCUT2D eigenvalue weighted by Gasteiger charge is -2.25. The summed E-state index contributed by atoms with van der Waals surface area (Å²) in [4.78, 5) is 0. The molecular formula is C6H16N2O2. The van der Waals surface area contributed by atoms with Crippen molar-refractivity contribution in [3.63, 3.8) is 0 Å². The Hall–Kier alpha value is -0.160. The molecule has 2 atom stereocenters. The van der Waals surface area contributed by atoms with Crippen LogP contribution in [0.4, 0.5) is 0 Å². The third-order valence-electron chi connectivity index (χ3n) is 1.42. The fraction of sp³-hybridized carbons (Fsp3) is 1.00. The first kappa shape index (κ1) is 9.84. The van der Waals surface area contributed by atoms with Crippen LogP contribution in [-0.2, 0) is 0 Å². The summed E-state index contributed by atoms with van der Waals surface area (Å²) >= 11 is 0. The summed E-state index contributed by atoms with van der Waals surface area (Å²) < 4.78 is 0. The molecule has 0 aromatic heterocycles. The van der Waals surface area contributed by atoms with Crippen LogP contribution in [0.15, 0.2) is 0 Å². The van der Waals surface area contributed by atoms with Gasteiger partial charge in [0.05, 0.1) is 0 Å². The van der Waals surface area contributed by atoms with Crippen LogP contribution >= 0.6 is 0 Å². The molecular weight excluding hydrogens is 132 g/mol. The van der Waals surface area contributed by atoms with Gasteiger partial charge in [-0.25, -0.2) is 0 Å². The zero-order valence-electron chi connectivity index (χ0n) is 6.49. The van der Waals surface area contributed by atoms with E-state index < -0.39 is 12.5 Å². The lowest BCUT2D eigenvalue weighted by Crippen LogP contribution is -2.47. The van der Waals surface area contributed by atoms with E-state index in [2.05, 4.69) is 0 Å². The van der Waals surface area contributed by atoms with Crippen LogP contribution in [0, 0.1) is 0 Å². The number of hydrogen-bond donors (Lipinski definition) is 3. The number of nitrogens with two attached hydrogens (primary N) is 1. The molecule has 0 saturated carbocycles. The third-order valence-corrected chi connectivity index (χ3v) is 1.42. The molecule has 0 bridgehead atoms. The minimum Gasteiger partial charge on any atom is -0.377 e. The topological polar surface area (TPSA) is 69.7 Å². The first-order valence-electron chi connectivity index (χ1n) is 3.52. The van der Waals surface area contributed by atoms with Gasteiger partial charge in [-0.3, -0.25) is 5.84 Å². The Balaban J connectivity index is 3.69. The van der Waals surface area contributed by atoms with Gasteiger partial charge >= 0.3 is 0 Å². The summed E-state index contributed by atoms with van der Waals surface area (Å²) in [6, 6.07) is 0. The van der Waals surface area contributed by atoms with Gasteiger partial charge < -0.3 is 10.2 Å². The first-order chi connectivity index (χ1) is 4.63. The highest BCUT2D eigenvalue weighted by molar-refractivity contribution is 4.54. The lowest BCUT2D eigenvalue weighted by atomic mass is 10.3. The van der Waals surface area contributed by atoms with Crippen molar-refractivity contribution in [2.75, 3.05) is 0 Å². The van der Waals surface area contributed by atoms with Crippen molar-refractivity contribution in [3.8, 4) is 0 Å². The molecule has 2 unspecified atom stereocenters. The predicted octanol–water partition coefficient (Wildman–Crippen LogP) is -0.381. The van der Waals surface area contributed by atoms with E-state index in [1.807, 2.05) is 0 Å². The molecule has 0 rings (SSSR count). The van der Waals surface area contributed by atoms with Crippen LogP contribution in [-0.4, -0.2) is 27.7 Å². The van der Waals surface area contributed by atoms with Crippen LogP contribution in [0.25, 0.3) is 0 Å². The molecule has 4 N–H and O–H groups in total. The molecule has 0 spiro atoms. The monoisotopic (exact) mass is 148 g/mol. The Morgan fingerprint density at radius 2 is 1.50 bits per heavy atom. The van der Waals surface area contributed by atoms with Crippen molar-refractivity contribution in [2.45, 2.75) is 39.1 Å². The smallest absolute Gasteiger partial charge is 0.122 e. The van der Waals surface area contributed by atoms with Gasteiger partial charge in [0.25, 0.3) is 0 Å². The summed E-state index contributed by atoms with van der Waals surface area (Å²) in [7, 11) is 0. The van der Waals surface area contributed by atoms with Crippen molar-refractivity contribution < 1.29 is 10.2 Å². The molecule has 10 heavy (non-hydrogen) atoms. The molecule has 4 nitrogen and oxygen atoms in total. The largest absolute Gasteiger partial charge is 0.377 e. The van der Waals surface area contributed by atoms with Gasteiger partial charge in [0, 0.05) is 0 Å². The number of aliphatic hydroxyl groups excluding tert-OH is 2. The van der Waals surface area contributed by atoms with E-state index in [0.717, 1.165) is 5.01 Å². The Morgan fingerprint density at radius 1 is 1.20 bits per heavy atom. The number of hydrogen-bond acceptors (Lipinski definition) is 4. The highest BCUT2D eigenvalue weighted by atomic mass is 16.3. The maximum atomic E-state index is 9.07. The molecule has 0 aromatic carbocycles. The standard InChI is InChI=1S/C6H16N2O2/c1-3-5(9)8(7)6(10)4-2/h5-6,9-10H,3-4,7H2,1-2H3. The van der Waals surface area contributed by atoms with Crippen molar-refractivity contribution in [1.29, 1.82) is 0 Å². The average molecular weight is 148 g/mol. The summed E-state index contributed by atoms with van der Waals surface area (Å²) in [6.07, 6.45) is -0.439. The molecule has 0 aliphatic rings. The Morgan fingerprint density at radius 3 is 1.70 bits per heavy atom. The zero-order valence-corrected chi connectivity index (χ0v) is 6.49. The van der Waals surface area contributed by atoms with Gasteiger partial charge in [-0.2, -0.15) is 5.01 Å². The van der Waals surface area contributed by atoms with Crippen LogP contribution in [0.5, 0.6) is 0 Å². The van der Waals surface area contributed by atoms with Gasteiger partial charge in [-0.1, -0.05) is 13.8 Å². The van der Waals surface area contributed by atoms with E-state index in [1.165, 1.54) is 0 Å². The molecule has 62 valence electrons. The fourth-order valence-electron chi connectivity index (χ4n) is 0.620. The molecule has 0 radical (unpaired) electrons.